The third-order valence-corrected chi connectivity index (χ3v) is 3.57. The Bertz CT molecular complexity index is 102. The molecule has 0 aromatic carbocycles. The molecule has 72 valence electrons. The van der Waals surface area contributed by atoms with Crippen LogP contribution >= 0.6 is 11.8 Å². The Kier molecular flexibility index (Phi) is 5.08. The molecule has 0 aromatic heterocycles. The summed E-state index contributed by atoms with van der Waals surface area (Å²) < 4.78 is 0. The number of thioether (sulfide) groups is 1. The highest BCUT2D eigenvalue weighted by atomic mass is 32.2. The highest BCUT2D eigenvalue weighted by Gasteiger charge is 2.29. The lowest BCUT2D eigenvalue weighted by molar-refractivity contribution is 0.168. The molecule has 0 heterocycles. The van der Waals surface area contributed by atoms with Gasteiger partial charge in [0.25, 0.3) is 0 Å². The zero-order valence-corrected chi connectivity index (χ0v) is 9.12. The van der Waals surface area contributed by atoms with Crippen molar-refractivity contribution < 1.29 is 0 Å². The Hall–Kier alpha value is 0.310. The van der Waals surface area contributed by atoms with Gasteiger partial charge in [0.1, 0.15) is 0 Å². The van der Waals surface area contributed by atoms with Gasteiger partial charge in [0, 0.05) is 0 Å². The molecule has 1 saturated carbocycles. The summed E-state index contributed by atoms with van der Waals surface area (Å²) in [7, 11) is 0. The molecule has 1 fully saturated rings. The molecule has 0 bridgehead atoms. The SMILES string of the molecule is CCNCC1CCC1CCSC. The van der Waals surface area contributed by atoms with Crippen LogP contribution in [0.3, 0.4) is 0 Å². The zero-order valence-electron chi connectivity index (χ0n) is 8.31. The summed E-state index contributed by atoms with van der Waals surface area (Å²) in [6.07, 6.45) is 6.60. The summed E-state index contributed by atoms with van der Waals surface area (Å²) in [6, 6.07) is 0. The van der Waals surface area contributed by atoms with Crippen molar-refractivity contribution in [3.63, 3.8) is 0 Å². The van der Waals surface area contributed by atoms with E-state index in [1.165, 1.54) is 31.6 Å². The standard InChI is InChI=1S/C10H21NS/c1-3-11-8-10-5-4-9(10)6-7-12-2/h9-11H,3-8H2,1-2H3. The Morgan fingerprint density at radius 2 is 2.08 bits per heavy atom. The summed E-state index contributed by atoms with van der Waals surface area (Å²) >= 11 is 1.98. The van der Waals surface area contributed by atoms with E-state index >= 15 is 0 Å². The van der Waals surface area contributed by atoms with E-state index in [4.69, 9.17) is 0 Å². The van der Waals surface area contributed by atoms with E-state index in [2.05, 4.69) is 18.5 Å². The molecule has 0 aliphatic heterocycles. The second-order valence-corrected chi connectivity index (χ2v) is 4.67. The van der Waals surface area contributed by atoms with E-state index in [9.17, 15) is 0 Å². The normalized spacial score (nSPS) is 28.5. The minimum Gasteiger partial charge on any atom is -0.317 e. The average Bonchev–Trinajstić information content (AvgIpc) is 2.04. The van der Waals surface area contributed by atoms with Crippen LogP contribution in [0.1, 0.15) is 26.2 Å². The molecule has 1 aliphatic carbocycles. The summed E-state index contributed by atoms with van der Waals surface area (Å²) in [5.74, 6) is 3.39. The fraction of sp³-hybridized carbons (Fsp3) is 1.00. The minimum absolute atomic E-state index is 0.997. The van der Waals surface area contributed by atoms with Crippen LogP contribution in [0.25, 0.3) is 0 Å². The average molecular weight is 187 g/mol. The van der Waals surface area contributed by atoms with Crippen LogP contribution in [-0.2, 0) is 0 Å². The van der Waals surface area contributed by atoms with Gasteiger partial charge in [-0.05, 0) is 56.2 Å². The molecular formula is C10H21NS. The van der Waals surface area contributed by atoms with E-state index in [1.807, 2.05) is 11.8 Å². The van der Waals surface area contributed by atoms with Crippen molar-refractivity contribution in [1.82, 2.24) is 5.32 Å². The Labute approximate surface area is 80.7 Å². The molecule has 2 heteroatoms. The van der Waals surface area contributed by atoms with Gasteiger partial charge < -0.3 is 5.32 Å². The fourth-order valence-electron chi connectivity index (χ4n) is 1.89. The maximum Gasteiger partial charge on any atom is -0.00180 e. The molecule has 0 spiro atoms. The minimum atomic E-state index is 0.997. The molecule has 1 aliphatic rings. The lowest BCUT2D eigenvalue weighted by Gasteiger charge is -2.36. The molecule has 0 radical (unpaired) electrons. The zero-order chi connectivity index (χ0) is 8.81. The van der Waals surface area contributed by atoms with Crippen molar-refractivity contribution in [2.75, 3.05) is 25.1 Å². The molecule has 2 unspecified atom stereocenters. The van der Waals surface area contributed by atoms with Gasteiger partial charge in [-0.25, -0.2) is 0 Å². The van der Waals surface area contributed by atoms with Crippen LogP contribution in [0, 0.1) is 11.8 Å². The van der Waals surface area contributed by atoms with Crippen molar-refractivity contribution in [3.8, 4) is 0 Å². The first-order chi connectivity index (χ1) is 5.88. The lowest BCUT2D eigenvalue weighted by Crippen LogP contribution is -2.35. The third-order valence-electron chi connectivity index (χ3n) is 2.92. The van der Waals surface area contributed by atoms with Gasteiger partial charge >= 0.3 is 0 Å². The van der Waals surface area contributed by atoms with Crippen molar-refractivity contribution in [2.45, 2.75) is 26.2 Å². The first kappa shape index (κ1) is 10.4. The van der Waals surface area contributed by atoms with Gasteiger partial charge in [-0.1, -0.05) is 6.92 Å². The largest absolute Gasteiger partial charge is 0.317 e. The molecule has 12 heavy (non-hydrogen) atoms. The van der Waals surface area contributed by atoms with Crippen LogP contribution in [-0.4, -0.2) is 25.1 Å². The summed E-state index contributed by atoms with van der Waals surface area (Å²) in [5.41, 5.74) is 0. The van der Waals surface area contributed by atoms with E-state index in [-0.39, 0.29) is 0 Å². The van der Waals surface area contributed by atoms with Crippen molar-refractivity contribution in [2.24, 2.45) is 11.8 Å². The van der Waals surface area contributed by atoms with Gasteiger partial charge in [-0.2, -0.15) is 11.8 Å². The van der Waals surface area contributed by atoms with Crippen molar-refractivity contribution >= 4 is 11.8 Å². The quantitative estimate of drug-likeness (QED) is 0.685. The maximum atomic E-state index is 3.45. The van der Waals surface area contributed by atoms with Crippen molar-refractivity contribution in [1.29, 1.82) is 0 Å². The second kappa shape index (κ2) is 5.87. The lowest BCUT2D eigenvalue weighted by atomic mass is 9.72. The summed E-state index contributed by atoms with van der Waals surface area (Å²) in [6.45, 7) is 4.58. The monoisotopic (exact) mass is 187 g/mol. The predicted octanol–water partition coefficient (Wildman–Crippen LogP) is 2.38. The number of hydrogen-bond donors (Lipinski definition) is 1. The topological polar surface area (TPSA) is 12.0 Å². The van der Waals surface area contributed by atoms with Gasteiger partial charge in [0.2, 0.25) is 0 Å². The third kappa shape index (κ3) is 2.98. The van der Waals surface area contributed by atoms with Gasteiger partial charge in [-0.3, -0.25) is 0 Å². The number of hydrogen-bond acceptors (Lipinski definition) is 2. The smallest absolute Gasteiger partial charge is 0.00180 e. The van der Waals surface area contributed by atoms with E-state index < -0.39 is 0 Å². The van der Waals surface area contributed by atoms with Crippen LogP contribution < -0.4 is 5.32 Å². The Morgan fingerprint density at radius 1 is 1.33 bits per heavy atom. The first-order valence-electron chi connectivity index (χ1n) is 5.08. The molecule has 1 nitrogen and oxygen atoms in total. The van der Waals surface area contributed by atoms with Gasteiger partial charge in [0.15, 0.2) is 0 Å². The fourth-order valence-corrected chi connectivity index (χ4v) is 2.42. The molecule has 0 amide bonds. The van der Waals surface area contributed by atoms with E-state index in [0.717, 1.165) is 18.4 Å². The Morgan fingerprint density at radius 3 is 2.58 bits per heavy atom. The Balaban J connectivity index is 2.03. The highest BCUT2D eigenvalue weighted by Crippen LogP contribution is 2.36. The molecule has 2 atom stereocenters. The van der Waals surface area contributed by atoms with E-state index in [1.54, 1.807) is 0 Å². The molecule has 0 aromatic rings. The second-order valence-electron chi connectivity index (χ2n) is 3.69. The molecular weight excluding hydrogens is 166 g/mol. The van der Waals surface area contributed by atoms with E-state index in [0.29, 0.717) is 0 Å². The maximum absolute atomic E-state index is 3.45. The summed E-state index contributed by atoms with van der Waals surface area (Å²) in [5, 5.41) is 3.45. The summed E-state index contributed by atoms with van der Waals surface area (Å²) in [4.78, 5) is 0. The first-order valence-corrected chi connectivity index (χ1v) is 6.47. The van der Waals surface area contributed by atoms with Crippen LogP contribution in [0.5, 0.6) is 0 Å². The van der Waals surface area contributed by atoms with Crippen molar-refractivity contribution in [3.05, 3.63) is 0 Å². The highest BCUT2D eigenvalue weighted by molar-refractivity contribution is 7.98. The van der Waals surface area contributed by atoms with Crippen LogP contribution in [0.2, 0.25) is 0 Å². The predicted molar refractivity (Wildman–Crippen MR) is 57.8 cm³/mol. The number of nitrogens with one attached hydrogen (secondary N) is 1. The van der Waals surface area contributed by atoms with Crippen LogP contribution in [0.4, 0.5) is 0 Å². The molecule has 1 N–H and O–H groups in total. The van der Waals surface area contributed by atoms with Gasteiger partial charge in [0.05, 0.1) is 0 Å². The number of rotatable bonds is 6. The molecule has 0 saturated heterocycles. The molecule has 1 rings (SSSR count). The van der Waals surface area contributed by atoms with Crippen LogP contribution in [0.15, 0.2) is 0 Å². The van der Waals surface area contributed by atoms with Gasteiger partial charge in [-0.15, -0.1) is 0 Å².